The second-order valence-electron chi connectivity index (χ2n) is 9.61. The number of carbonyl (C=O) groups excluding carboxylic acids is 2. The quantitative estimate of drug-likeness (QED) is 0.828. The average molecular weight is 399 g/mol. The first kappa shape index (κ1) is 18.8. The zero-order valence-electron chi connectivity index (χ0n) is 17.1. The van der Waals surface area contributed by atoms with Crippen LogP contribution >= 0.6 is 0 Å². The highest BCUT2D eigenvalue weighted by Gasteiger charge is 2.54. The predicted octanol–water partition coefficient (Wildman–Crippen LogP) is 2.75. The van der Waals surface area contributed by atoms with E-state index in [1.165, 1.54) is 19.3 Å². The number of hydrogen-bond acceptors (Lipinski definition) is 4. The molecule has 156 valence electrons. The number of hydrogen-bond donors (Lipinski definition) is 1. The van der Waals surface area contributed by atoms with Crippen LogP contribution in [0.15, 0.2) is 18.2 Å². The maximum absolute atomic E-state index is 13.0. The lowest BCUT2D eigenvalue weighted by Gasteiger charge is -2.55. The topological polar surface area (TPSA) is 67.9 Å². The van der Waals surface area contributed by atoms with Crippen LogP contribution in [0.3, 0.4) is 0 Å². The molecule has 1 heterocycles. The normalized spacial score (nSPS) is 31.4. The lowest BCUT2D eigenvalue weighted by molar-refractivity contribution is -0.147. The van der Waals surface area contributed by atoms with Crippen molar-refractivity contribution in [3.05, 3.63) is 23.8 Å². The first-order valence-electron chi connectivity index (χ1n) is 10.9. The molecule has 1 aromatic carbocycles. The number of carbonyl (C=O) groups is 2. The number of benzene rings is 1. The molecule has 1 aliphatic heterocycles. The molecule has 4 bridgehead atoms. The van der Waals surface area contributed by atoms with Gasteiger partial charge >= 0.3 is 0 Å². The van der Waals surface area contributed by atoms with Crippen molar-refractivity contribution in [1.29, 1.82) is 0 Å². The highest BCUT2D eigenvalue weighted by Crippen LogP contribution is 2.60. The van der Waals surface area contributed by atoms with Crippen molar-refractivity contribution in [2.24, 2.45) is 23.2 Å². The number of nitrogens with one attached hydrogen (secondary N) is 1. The number of ether oxygens (including phenoxy) is 2. The summed E-state index contributed by atoms with van der Waals surface area (Å²) in [6.07, 6.45) is 6.99. The van der Waals surface area contributed by atoms with E-state index >= 15 is 0 Å². The zero-order chi connectivity index (χ0) is 20.0. The van der Waals surface area contributed by atoms with Crippen LogP contribution < -0.4 is 14.8 Å². The Hall–Kier alpha value is -2.24. The van der Waals surface area contributed by atoms with Crippen molar-refractivity contribution >= 4 is 11.8 Å². The second-order valence-corrected chi connectivity index (χ2v) is 9.61. The van der Waals surface area contributed by atoms with E-state index in [1.54, 1.807) is 11.9 Å². The summed E-state index contributed by atoms with van der Waals surface area (Å²) in [6.45, 7) is 1.65. The molecule has 4 saturated carbocycles. The molecule has 6 heteroatoms. The smallest absolute Gasteiger partial charge is 0.242 e. The van der Waals surface area contributed by atoms with Crippen LogP contribution in [-0.4, -0.2) is 43.5 Å². The lowest BCUT2D eigenvalue weighted by Crippen LogP contribution is -2.54. The highest BCUT2D eigenvalue weighted by molar-refractivity contribution is 5.88. The minimum atomic E-state index is -0.205. The standard InChI is InChI=1S/C23H30N2O4/c1-25(14-15-2-3-19-20(9-15)29-5-4-28-19)21(26)13-24-22(27)23-10-16-6-17(11-23)8-18(7-16)12-23/h2-3,9,16-18H,4-8,10-14H2,1H3,(H,24,27). The van der Waals surface area contributed by atoms with E-state index in [9.17, 15) is 9.59 Å². The summed E-state index contributed by atoms with van der Waals surface area (Å²) in [5.74, 6) is 3.68. The van der Waals surface area contributed by atoms with Gasteiger partial charge in [-0.15, -0.1) is 0 Å². The summed E-state index contributed by atoms with van der Waals surface area (Å²) in [5.41, 5.74) is 0.779. The van der Waals surface area contributed by atoms with E-state index in [2.05, 4.69) is 5.32 Å². The zero-order valence-corrected chi connectivity index (χ0v) is 17.1. The van der Waals surface area contributed by atoms with Crippen LogP contribution in [0.2, 0.25) is 0 Å². The van der Waals surface area contributed by atoms with Gasteiger partial charge in [0, 0.05) is 19.0 Å². The summed E-state index contributed by atoms with van der Waals surface area (Å²) >= 11 is 0. The fourth-order valence-electron chi connectivity index (χ4n) is 6.42. The monoisotopic (exact) mass is 398 g/mol. The Bertz CT molecular complexity index is 786. The lowest BCUT2D eigenvalue weighted by atomic mass is 9.49. The van der Waals surface area contributed by atoms with Crippen LogP contribution in [0.4, 0.5) is 0 Å². The SMILES string of the molecule is CN(Cc1ccc2c(c1)OCCO2)C(=O)CNC(=O)C12CC3CC(CC(C3)C1)C2. The predicted molar refractivity (Wildman–Crippen MR) is 108 cm³/mol. The molecule has 2 amide bonds. The average Bonchev–Trinajstić information content (AvgIpc) is 2.70. The van der Waals surface area contributed by atoms with E-state index in [1.807, 2.05) is 18.2 Å². The van der Waals surface area contributed by atoms with Crippen LogP contribution in [0, 0.1) is 23.2 Å². The van der Waals surface area contributed by atoms with Gasteiger partial charge in [0.15, 0.2) is 11.5 Å². The molecule has 0 aromatic heterocycles. The molecule has 0 saturated heterocycles. The summed E-state index contributed by atoms with van der Waals surface area (Å²) in [4.78, 5) is 27.3. The van der Waals surface area contributed by atoms with Gasteiger partial charge in [-0.05, 0) is 74.0 Å². The number of likely N-dealkylation sites (N-methyl/N-ethyl adjacent to an activating group) is 1. The van der Waals surface area contributed by atoms with Crippen LogP contribution in [0.5, 0.6) is 11.5 Å². The summed E-state index contributed by atoms with van der Waals surface area (Å²) < 4.78 is 11.2. The molecule has 6 rings (SSSR count). The van der Waals surface area contributed by atoms with Crippen molar-refractivity contribution in [2.45, 2.75) is 45.1 Å². The largest absolute Gasteiger partial charge is 0.486 e. The first-order chi connectivity index (χ1) is 14.0. The van der Waals surface area contributed by atoms with Crippen LogP contribution in [0.1, 0.15) is 44.1 Å². The van der Waals surface area contributed by atoms with Gasteiger partial charge < -0.3 is 19.7 Å². The fourth-order valence-corrected chi connectivity index (χ4v) is 6.42. The van der Waals surface area contributed by atoms with Gasteiger partial charge in [0.25, 0.3) is 0 Å². The Labute approximate surface area is 171 Å². The van der Waals surface area contributed by atoms with Crippen molar-refractivity contribution in [3.8, 4) is 11.5 Å². The van der Waals surface area contributed by atoms with Gasteiger partial charge in [-0.1, -0.05) is 6.07 Å². The number of rotatable bonds is 5. The third kappa shape index (κ3) is 3.58. The molecule has 29 heavy (non-hydrogen) atoms. The maximum Gasteiger partial charge on any atom is 0.242 e. The van der Waals surface area contributed by atoms with Crippen LogP contribution in [0.25, 0.3) is 0 Å². The Morgan fingerprint density at radius 1 is 1.03 bits per heavy atom. The Kier molecular flexibility index (Phi) is 4.67. The summed E-state index contributed by atoms with van der Waals surface area (Å²) in [5, 5.41) is 2.98. The Morgan fingerprint density at radius 3 is 2.31 bits per heavy atom. The van der Waals surface area contributed by atoms with Crippen molar-refractivity contribution in [2.75, 3.05) is 26.8 Å². The van der Waals surface area contributed by atoms with E-state index in [4.69, 9.17) is 9.47 Å². The van der Waals surface area contributed by atoms with E-state index < -0.39 is 0 Å². The van der Waals surface area contributed by atoms with E-state index in [0.29, 0.717) is 19.8 Å². The fraction of sp³-hybridized carbons (Fsp3) is 0.652. The molecule has 4 fully saturated rings. The molecule has 5 aliphatic rings. The van der Waals surface area contributed by atoms with Gasteiger partial charge in [-0.3, -0.25) is 9.59 Å². The number of fused-ring (bicyclic) bond motifs is 1. The minimum Gasteiger partial charge on any atom is -0.486 e. The summed E-state index contributed by atoms with van der Waals surface area (Å²) in [6, 6.07) is 5.76. The first-order valence-corrected chi connectivity index (χ1v) is 10.9. The Morgan fingerprint density at radius 2 is 1.66 bits per heavy atom. The van der Waals surface area contributed by atoms with Crippen molar-refractivity contribution in [3.63, 3.8) is 0 Å². The van der Waals surface area contributed by atoms with Gasteiger partial charge in [-0.2, -0.15) is 0 Å². The molecule has 4 aliphatic carbocycles. The molecule has 0 unspecified atom stereocenters. The molecule has 0 radical (unpaired) electrons. The highest BCUT2D eigenvalue weighted by atomic mass is 16.6. The van der Waals surface area contributed by atoms with Crippen molar-refractivity contribution < 1.29 is 19.1 Å². The molecular formula is C23H30N2O4. The van der Waals surface area contributed by atoms with Crippen molar-refractivity contribution in [1.82, 2.24) is 10.2 Å². The van der Waals surface area contributed by atoms with Gasteiger partial charge in [0.2, 0.25) is 11.8 Å². The molecule has 0 atom stereocenters. The van der Waals surface area contributed by atoms with Gasteiger partial charge in [0.1, 0.15) is 13.2 Å². The molecular weight excluding hydrogens is 368 g/mol. The van der Waals surface area contributed by atoms with Gasteiger partial charge in [0.05, 0.1) is 6.54 Å². The van der Waals surface area contributed by atoms with Gasteiger partial charge in [-0.25, -0.2) is 0 Å². The molecule has 6 nitrogen and oxygen atoms in total. The van der Waals surface area contributed by atoms with E-state index in [0.717, 1.165) is 54.1 Å². The minimum absolute atomic E-state index is 0.0711. The number of amides is 2. The summed E-state index contributed by atoms with van der Waals surface area (Å²) in [7, 11) is 1.77. The Balaban J connectivity index is 1.16. The molecule has 1 N–H and O–H groups in total. The molecule has 0 spiro atoms. The molecule has 1 aromatic rings. The second kappa shape index (κ2) is 7.22. The maximum atomic E-state index is 13.0. The number of nitrogens with zero attached hydrogens (tertiary/aromatic N) is 1. The third-order valence-electron chi connectivity index (χ3n) is 7.37. The van der Waals surface area contributed by atoms with Crippen LogP contribution in [-0.2, 0) is 16.1 Å². The van der Waals surface area contributed by atoms with E-state index in [-0.39, 0.29) is 23.8 Å². The third-order valence-corrected chi connectivity index (χ3v) is 7.37.